The van der Waals surface area contributed by atoms with Crippen LogP contribution < -0.4 is 11.5 Å². The van der Waals surface area contributed by atoms with Crippen LogP contribution in [0, 0.1) is 0 Å². The number of thioether (sulfide) groups is 1. The molecule has 0 aliphatic carbocycles. The Balaban J connectivity index is 2.41. The van der Waals surface area contributed by atoms with Crippen LogP contribution in [0.3, 0.4) is 0 Å². The van der Waals surface area contributed by atoms with Gasteiger partial charge >= 0.3 is 0 Å². The predicted octanol–water partition coefficient (Wildman–Crippen LogP) is 0.494. The number of amides is 1. The Labute approximate surface area is 122 Å². The number of benzene rings is 1. The maximum atomic E-state index is 12.6. The van der Waals surface area contributed by atoms with E-state index in [0.717, 1.165) is 11.5 Å². The molecule has 0 bridgehead atoms. The average Bonchev–Trinajstić information content (AvgIpc) is 2.38. The van der Waals surface area contributed by atoms with E-state index < -0.39 is 15.9 Å². The second kappa shape index (κ2) is 5.63. The fraction of sp³-hybridized carbons (Fsp3) is 0.417. The van der Waals surface area contributed by atoms with E-state index in [0.29, 0.717) is 6.54 Å². The monoisotopic (exact) mass is 315 g/mol. The molecule has 1 aliphatic heterocycles. The highest BCUT2D eigenvalue weighted by Gasteiger charge is 2.32. The van der Waals surface area contributed by atoms with E-state index in [1.807, 2.05) is 6.92 Å². The van der Waals surface area contributed by atoms with Gasteiger partial charge in [-0.1, -0.05) is 0 Å². The number of nitrogens with two attached hydrogens (primary N) is 2. The highest BCUT2D eigenvalue weighted by Crippen LogP contribution is 2.28. The first-order chi connectivity index (χ1) is 9.34. The van der Waals surface area contributed by atoms with Gasteiger partial charge in [0.25, 0.3) is 0 Å². The highest BCUT2D eigenvalue weighted by atomic mass is 32.2. The molecule has 1 atom stereocenters. The molecule has 6 nitrogen and oxygen atoms in total. The molecule has 1 heterocycles. The lowest BCUT2D eigenvalue weighted by Crippen LogP contribution is -2.44. The van der Waals surface area contributed by atoms with E-state index in [4.69, 9.17) is 11.5 Å². The van der Waals surface area contributed by atoms with Crippen LogP contribution in [0.25, 0.3) is 0 Å². The van der Waals surface area contributed by atoms with E-state index in [1.165, 1.54) is 22.5 Å². The van der Waals surface area contributed by atoms with Crippen LogP contribution in [-0.2, 0) is 10.0 Å². The first-order valence-electron chi connectivity index (χ1n) is 6.13. The molecule has 0 radical (unpaired) electrons. The maximum absolute atomic E-state index is 12.6. The van der Waals surface area contributed by atoms with Crippen molar-refractivity contribution in [1.82, 2.24) is 4.31 Å². The van der Waals surface area contributed by atoms with Crippen LogP contribution in [0.15, 0.2) is 23.1 Å². The molecule has 20 heavy (non-hydrogen) atoms. The Morgan fingerprint density at radius 3 is 2.70 bits per heavy atom. The first-order valence-corrected chi connectivity index (χ1v) is 8.72. The summed E-state index contributed by atoms with van der Waals surface area (Å²) in [6, 6.07) is 3.96. The lowest BCUT2D eigenvalue weighted by molar-refractivity contribution is 0.1000. The topological polar surface area (TPSA) is 106 Å². The van der Waals surface area contributed by atoms with Gasteiger partial charge in [-0.3, -0.25) is 4.79 Å². The normalized spacial score (nSPS) is 20.8. The van der Waals surface area contributed by atoms with Crippen molar-refractivity contribution in [3.05, 3.63) is 23.8 Å². The predicted molar refractivity (Wildman–Crippen MR) is 80.1 cm³/mol. The van der Waals surface area contributed by atoms with Gasteiger partial charge in [0, 0.05) is 29.7 Å². The van der Waals surface area contributed by atoms with Gasteiger partial charge in [-0.25, -0.2) is 8.42 Å². The summed E-state index contributed by atoms with van der Waals surface area (Å²) in [5.74, 6) is 0.893. The molecule has 8 heteroatoms. The standard InChI is InChI=1S/C12H17N3O3S2/c1-8-7-19-5-4-15(8)20(17,18)11-3-2-9(12(14)16)6-10(11)13/h2-3,6,8H,4-5,7,13H2,1H3,(H2,14,16). The van der Waals surface area contributed by atoms with Crippen molar-refractivity contribution >= 4 is 33.4 Å². The number of hydrogen-bond acceptors (Lipinski definition) is 5. The maximum Gasteiger partial charge on any atom is 0.248 e. The Hall–Kier alpha value is -1.25. The molecule has 1 saturated heterocycles. The number of nitrogens with zero attached hydrogens (tertiary/aromatic N) is 1. The van der Waals surface area contributed by atoms with Gasteiger partial charge in [-0.05, 0) is 25.1 Å². The zero-order valence-corrected chi connectivity index (χ0v) is 12.7. The summed E-state index contributed by atoms with van der Waals surface area (Å²) < 4.78 is 26.7. The molecule has 1 aromatic rings. The number of nitrogen functional groups attached to an aromatic ring is 1. The molecule has 110 valence electrons. The summed E-state index contributed by atoms with van der Waals surface area (Å²) in [6.07, 6.45) is 0. The fourth-order valence-electron chi connectivity index (χ4n) is 2.13. The molecule has 2 rings (SSSR count). The minimum atomic E-state index is -3.64. The average molecular weight is 315 g/mol. The van der Waals surface area contributed by atoms with E-state index >= 15 is 0 Å². The van der Waals surface area contributed by atoms with Crippen molar-refractivity contribution in [2.24, 2.45) is 5.73 Å². The number of hydrogen-bond donors (Lipinski definition) is 2. The summed E-state index contributed by atoms with van der Waals surface area (Å²) in [4.78, 5) is 11.1. The highest BCUT2D eigenvalue weighted by molar-refractivity contribution is 7.99. The quantitative estimate of drug-likeness (QED) is 0.790. The number of sulfonamides is 1. The summed E-state index contributed by atoms with van der Waals surface area (Å²) in [6.45, 7) is 2.34. The largest absolute Gasteiger partial charge is 0.398 e. The summed E-state index contributed by atoms with van der Waals surface area (Å²) >= 11 is 1.73. The number of carbonyl (C=O) groups excluding carboxylic acids is 1. The van der Waals surface area contributed by atoms with Gasteiger partial charge in [0.05, 0.1) is 5.69 Å². The second-order valence-electron chi connectivity index (χ2n) is 4.66. The van der Waals surface area contributed by atoms with E-state index in [1.54, 1.807) is 11.8 Å². The third-order valence-corrected chi connectivity index (χ3v) is 6.46. The van der Waals surface area contributed by atoms with Gasteiger partial charge in [0.15, 0.2) is 0 Å². The smallest absolute Gasteiger partial charge is 0.248 e. The van der Waals surface area contributed by atoms with Crippen LogP contribution in [-0.4, -0.2) is 42.7 Å². The van der Waals surface area contributed by atoms with Gasteiger partial charge < -0.3 is 11.5 Å². The van der Waals surface area contributed by atoms with E-state index in [-0.39, 0.29) is 22.2 Å². The second-order valence-corrected chi connectivity index (χ2v) is 7.67. The van der Waals surface area contributed by atoms with Crippen molar-refractivity contribution in [2.45, 2.75) is 17.9 Å². The minimum Gasteiger partial charge on any atom is -0.398 e. The molecule has 1 aromatic carbocycles. The Bertz CT molecular complexity index is 631. The van der Waals surface area contributed by atoms with Gasteiger partial charge in [-0.2, -0.15) is 16.1 Å². The summed E-state index contributed by atoms with van der Waals surface area (Å²) in [5.41, 5.74) is 11.2. The van der Waals surface area contributed by atoms with Crippen molar-refractivity contribution in [1.29, 1.82) is 0 Å². The molecule has 1 amide bonds. The lowest BCUT2D eigenvalue weighted by Gasteiger charge is -2.32. The first kappa shape index (κ1) is 15.1. The zero-order chi connectivity index (χ0) is 14.9. The van der Waals surface area contributed by atoms with E-state index in [9.17, 15) is 13.2 Å². The zero-order valence-electron chi connectivity index (χ0n) is 11.1. The number of rotatable bonds is 3. The van der Waals surface area contributed by atoms with Crippen LogP contribution in [0.1, 0.15) is 17.3 Å². The molecule has 0 aromatic heterocycles. The van der Waals surface area contributed by atoms with Crippen molar-refractivity contribution in [3.63, 3.8) is 0 Å². The third-order valence-electron chi connectivity index (χ3n) is 3.19. The molecule has 0 spiro atoms. The molecule has 1 fully saturated rings. The van der Waals surface area contributed by atoms with Crippen molar-refractivity contribution < 1.29 is 13.2 Å². The Morgan fingerprint density at radius 1 is 1.45 bits per heavy atom. The van der Waals surface area contributed by atoms with Gasteiger partial charge in [-0.15, -0.1) is 0 Å². The number of primary amides is 1. The molecule has 0 saturated carbocycles. The third kappa shape index (κ3) is 2.77. The van der Waals surface area contributed by atoms with Gasteiger partial charge in [0.1, 0.15) is 4.90 Å². The molecular weight excluding hydrogens is 298 g/mol. The molecule has 4 N–H and O–H groups in total. The Kier molecular flexibility index (Phi) is 4.26. The molecule has 1 unspecified atom stereocenters. The van der Waals surface area contributed by atoms with Gasteiger partial charge in [0.2, 0.25) is 15.9 Å². The van der Waals surface area contributed by atoms with Crippen LogP contribution in [0.4, 0.5) is 5.69 Å². The molecular formula is C12H17N3O3S2. The van der Waals surface area contributed by atoms with Crippen molar-refractivity contribution in [2.75, 3.05) is 23.8 Å². The minimum absolute atomic E-state index is 0.0289. The molecule has 1 aliphatic rings. The fourth-order valence-corrected chi connectivity index (χ4v) is 5.08. The van der Waals surface area contributed by atoms with Crippen LogP contribution in [0.2, 0.25) is 0 Å². The Morgan fingerprint density at radius 2 is 2.15 bits per heavy atom. The van der Waals surface area contributed by atoms with Crippen LogP contribution >= 0.6 is 11.8 Å². The summed E-state index contributed by atoms with van der Waals surface area (Å²) in [7, 11) is -3.64. The SMILES string of the molecule is CC1CSCCN1S(=O)(=O)c1ccc(C(N)=O)cc1N. The number of carbonyl (C=O) groups is 1. The number of anilines is 1. The van der Waals surface area contributed by atoms with Crippen molar-refractivity contribution in [3.8, 4) is 0 Å². The lowest BCUT2D eigenvalue weighted by atomic mass is 10.2. The van der Waals surface area contributed by atoms with Crippen LogP contribution in [0.5, 0.6) is 0 Å². The summed E-state index contributed by atoms with van der Waals surface area (Å²) in [5, 5.41) is 0. The van der Waals surface area contributed by atoms with E-state index in [2.05, 4.69) is 0 Å².